The van der Waals surface area contributed by atoms with Gasteiger partial charge < -0.3 is 10.6 Å². The SMILES string of the molecule is C/C=C/CCNC(=NC)NC1CCN(Cc2cccc(C(F)(F)F)c2)CC1. The number of piperidine rings is 1. The van der Waals surface area contributed by atoms with E-state index < -0.39 is 11.7 Å². The molecule has 1 aromatic rings. The van der Waals surface area contributed by atoms with Crippen molar-refractivity contribution in [2.45, 2.75) is 44.9 Å². The number of guanidine groups is 1. The fourth-order valence-corrected chi connectivity index (χ4v) is 3.17. The zero-order chi connectivity index (χ0) is 19.7. The molecular weight excluding hydrogens is 353 g/mol. The molecule has 2 rings (SSSR count). The maximum absolute atomic E-state index is 12.8. The molecule has 1 saturated heterocycles. The lowest BCUT2D eigenvalue weighted by atomic mass is 10.0. The average molecular weight is 382 g/mol. The van der Waals surface area contributed by atoms with Gasteiger partial charge in [-0.1, -0.05) is 30.4 Å². The third-order valence-corrected chi connectivity index (χ3v) is 4.65. The van der Waals surface area contributed by atoms with Crippen molar-refractivity contribution in [3.05, 3.63) is 47.5 Å². The number of benzene rings is 1. The van der Waals surface area contributed by atoms with Crippen LogP contribution in [-0.4, -0.2) is 43.6 Å². The highest BCUT2D eigenvalue weighted by Gasteiger charge is 2.30. The first-order valence-electron chi connectivity index (χ1n) is 9.39. The smallest absolute Gasteiger partial charge is 0.356 e. The van der Waals surface area contributed by atoms with E-state index in [2.05, 4.69) is 26.6 Å². The van der Waals surface area contributed by atoms with Crippen molar-refractivity contribution in [2.24, 2.45) is 4.99 Å². The highest BCUT2D eigenvalue weighted by molar-refractivity contribution is 5.79. The summed E-state index contributed by atoms with van der Waals surface area (Å²) < 4.78 is 38.5. The van der Waals surface area contributed by atoms with Crippen LogP contribution >= 0.6 is 0 Å². The molecule has 0 spiro atoms. The molecule has 0 atom stereocenters. The number of hydrogen-bond acceptors (Lipinski definition) is 2. The Morgan fingerprint density at radius 2 is 2.04 bits per heavy atom. The predicted octanol–water partition coefficient (Wildman–Crippen LogP) is 3.80. The third kappa shape index (κ3) is 7.25. The number of nitrogens with zero attached hydrogens (tertiary/aromatic N) is 2. The van der Waals surface area contributed by atoms with Crippen LogP contribution in [0.5, 0.6) is 0 Å². The fourth-order valence-electron chi connectivity index (χ4n) is 3.17. The topological polar surface area (TPSA) is 39.7 Å². The summed E-state index contributed by atoms with van der Waals surface area (Å²) in [5.41, 5.74) is 0.127. The van der Waals surface area contributed by atoms with Gasteiger partial charge in [-0.15, -0.1) is 0 Å². The molecular formula is C20H29F3N4. The second-order valence-electron chi connectivity index (χ2n) is 6.75. The summed E-state index contributed by atoms with van der Waals surface area (Å²) in [4.78, 5) is 6.45. The zero-order valence-electron chi connectivity index (χ0n) is 16.0. The van der Waals surface area contributed by atoms with Gasteiger partial charge in [0.05, 0.1) is 5.56 Å². The molecule has 1 aliphatic rings. The average Bonchev–Trinajstić information content (AvgIpc) is 2.65. The van der Waals surface area contributed by atoms with Gasteiger partial charge in [-0.2, -0.15) is 13.2 Å². The first kappa shape index (κ1) is 21.3. The molecule has 0 unspecified atom stereocenters. The van der Waals surface area contributed by atoms with E-state index in [1.165, 1.54) is 12.1 Å². The Hall–Kier alpha value is -2.02. The van der Waals surface area contributed by atoms with E-state index in [4.69, 9.17) is 0 Å². The minimum atomic E-state index is -4.29. The van der Waals surface area contributed by atoms with Crippen LogP contribution in [0.1, 0.15) is 37.3 Å². The summed E-state index contributed by atoms with van der Waals surface area (Å²) >= 11 is 0. The van der Waals surface area contributed by atoms with Crippen molar-refractivity contribution >= 4 is 5.96 Å². The molecule has 0 saturated carbocycles. The Labute approximate surface area is 159 Å². The van der Waals surface area contributed by atoms with Gasteiger partial charge in [0, 0.05) is 39.3 Å². The summed E-state index contributed by atoms with van der Waals surface area (Å²) in [6.45, 7) is 5.08. The lowest BCUT2D eigenvalue weighted by Crippen LogP contribution is -2.48. The molecule has 1 aliphatic heterocycles. The van der Waals surface area contributed by atoms with E-state index in [-0.39, 0.29) is 0 Å². The van der Waals surface area contributed by atoms with Crippen molar-refractivity contribution in [2.75, 3.05) is 26.7 Å². The van der Waals surface area contributed by atoms with Gasteiger partial charge in [0.25, 0.3) is 0 Å². The first-order chi connectivity index (χ1) is 12.9. The molecule has 2 N–H and O–H groups in total. The Balaban J connectivity index is 1.78. The number of aliphatic imine (C=N–C) groups is 1. The first-order valence-corrected chi connectivity index (χ1v) is 9.39. The van der Waals surface area contributed by atoms with E-state index >= 15 is 0 Å². The summed E-state index contributed by atoms with van der Waals surface area (Å²) in [6, 6.07) is 5.94. The van der Waals surface area contributed by atoms with Crippen LogP contribution in [0, 0.1) is 0 Å². The number of halogens is 3. The lowest BCUT2D eigenvalue weighted by Gasteiger charge is -2.33. The van der Waals surface area contributed by atoms with Crippen LogP contribution in [0.3, 0.4) is 0 Å². The highest BCUT2D eigenvalue weighted by atomic mass is 19.4. The summed E-state index contributed by atoms with van der Waals surface area (Å²) in [5, 5.41) is 6.73. The zero-order valence-corrected chi connectivity index (χ0v) is 16.0. The van der Waals surface area contributed by atoms with Crippen molar-refractivity contribution in [3.8, 4) is 0 Å². The van der Waals surface area contributed by atoms with E-state index in [1.807, 2.05) is 13.0 Å². The van der Waals surface area contributed by atoms with Crippen LogP contribution in [0.4, 0.5) is 13.2 Å². The molecule has 0 aromatic heterocycles. The van der Waals surface area contributed by atoms with Gasteiger partial charge in [0.15, 0.2) is 5.96 Å². The standard InChI is InChI=1S/C20H29F3N4/c1-3-4-5-11-25-19(24-2)26-18-9-12-27(13-10-18)15-16-7-6-8-17(14-16)20(21,22)23/h3-4,6-8,14,18H,5,9-13,15H2,1-2H3,(H2,24,25,26)/b4-3+. The van der Waals surface area contributed by atoms with Crippen LogP contribution in [0.25, 0.3) is 0 Å². The molecule has 1 aromatic carbocycles. The molecule has 1 fully saturated rings. The Morgan fingerprint density at radius 3 is 2.67 bits per heavy atom. The van der Waals surface area contributed by atoms with Crippen molar-refractivity contribution in [1.29, 1.82) is 0 Å². The number of hydrogen-bond donors (Lipinski definition) is 2. The minimum Gasteiger partial charge on any atom is -0.356 e. The largest absolute Gasteiger partial charge is 0.416 e. The third-order valence-electron chi connectivity index (χ3n) is 4.65. The number of rotatable bonds is 6. The highest BCUT2D eigenvalue weighted by Crippen LogP contribution is 2.29. The molecule has 27 heavy (non-hydrogen) atoms. The maximum Gasteiger partial charge on any atom is 0.416 e. The molecule has 4 nitrogen and oxygen atoms in total. The molecule has 0 radical (unpaired) electrons. The van der Waals surface area contributed by atoms with Crippen LogP contribution in [0.15, 0.2) is 41.4 Å². The fraction of sp³-hybridized carbons (Fsp3) is 0.550. The maximum atomic E-state index is 12.8. The summed E-state index contributed by atoms with van der Waals surface area (Å²) in [5.74, 6) is 0.802. The second kappa shape index (κ2) is 10.3. The van der Waals surface area contributed by atoms with Gasteiger partial charge in [0.2, 0.25) is 0 Å². The van der Waals surface area contributed by atoms with Crippen molar-refractivity contribution in [3.63, 3.8) is 0 Å². The minimum absolute atomic E-state index is 0.329. The van der Waals surface area contributed by atoms with Gasteiger partial charge in [-0.25, -0.2) is 0 Å². The Bertz CT molecular complexity index is 632. The molecule has 0 bridgehead atoms. The van der Waals surface area contributed by atoms with Crippen LogP contribution < -0.4 is 10.6 Å². The van der Waals surface area contributed by atoms with E-state index in [1.54, 1.807) is 13.1 Å². The quantitative estimate of drug-likeness (QED) is 0.340. The van der Waals surface area contributed by atoms with Gasteiger partial charge in [-0.05, 0) is 37.8 Å². The molecule has 7 heteroatoms. The number of likely N-dealkylation sites (tertiary alicyclic amines) is 1. The van der Waals surface area contributed by atoms with E-state index in [9.17, 15) is 13.2 Å². The Kier molecular flexibility index (Phi) is 8.16. The summed E-state index contributed by atoms with van der Waals surface area (Å²) in [7, 11) is 1.76. The normalized spacial score (nSPS) is 17.4. The molecule has 0 amide bonds. The molecule has 1 heterocycles. The second-order valence-corrected chi connectivity index (χ2v) is 6.75. The van der Waals surface area contributed by atoms with Crippen LogP contribution in [-0.2, 0) is 12.7 Å². The monoisotopic (exact) mass is 382 g/mol. The predicted molar refractivity (Wildman–Crippen MR) is 104 cm³/mol. The van der Waals surface area contributed by atoms with Crippen LogP contribution in [0.2, 0.25) is 0 Å². The van der Waals surface area contributed by atoms with Crippen molar-refractivity contribution < 1.29 is 13.2 Å². The van der Waals surface area contributed by atoms with Gasteiger partial charge in [-0.3, -0.25) is 9.89 Å². The lowest BCUT2D eigenvalue weighted by molar-refractivity contribution is -0.137. The van der Waals surface area contributed by atoms with E-state index in [0.717, 1.165) is 50.9 Å². The summed E-state index contributed by atoms with van der Waals surface area (Å²) in [6.07, 6.45) is 2.67. The number of allylic oxidation sites excluding steroid dienone is 1. The number of nitrogens with one attached hydrogen (secondary N) is 2. The Morgan fingerprint density at radius 1 is 1.30 bits per heavy atom. The number of alkyl halides is 3. The molecule has 0 aliphatic carbocycles. The molecule has 150 valence electrons. The van der Waals surface area contributed by atoms with Crippen molar-refractivity contribution in [1.82, 2.24) is 15.5 Å². The van der Waals surface area contributed by atoms with E-state index in [0.29, 0.717) is 18.2 Å². The van der Waals surface area contributed by atoms with Gasteiger partial charge >= 0.3 is 6.18 Å². The van der Waals surface area contributed by atoms with Gasteiger partial charge in [0.1, 0.15) is 0 Å².